The highest BCUT2D eigenvalue weighted by atomic mass is 35.5. The molecule has 434 valence electrons. The Bertz CT molecular complexity index is 3360. The number of ether oxygens (including phenoxy) is 8. The third-order valence-corrected chi connectivity index (χ3v) is 16.6. The molecule has 0 saturated carbocycles. The van der Waals surface area contributed by atoms with Crippen LogP contribution in [0.4, 0.5) is 23.3 Å². The van der Waals surface area contributed by atoms with Crippen molar-refractivity contribution >= 4 is 103 Å². The number of pyridine rings is 4. The van der Waals surface area contributed by atoms with E-state index < -0.39 is 0 Å². The fourth-order valence-electron chi connectivity index (χ4n) is 10.9. The average molecular weight is 1200 g/mol. The summed E-state index contributed by atoms with van der Waals surface area (Å²) in [4.78, 5) is 49.1. The van der Waals surface area contributed by atoms with Gasteiger partial charge >= 0.3 is 0 Å². The number of anilines is 4. The lowest BCUT2D eigenvalue weighted by molar-refractivity contribution is -0.118. The van der Waals surface area contributed by atoms with Crippen LogP contribution in [-0.2, 0) is 28.5 Å². The molecule has 4 aromatic heterocycles. The van der Waals surface area contributed by atoms with Gasteiger partial charge in [0.2, 0.25) is 11.8 Å². The summed E-state index contributed by atoms with van der Waals surface area (Å²) in [5.74, 6) is 3.33. The highest BCUT2D eigenvalue weighted by Crippen LogP contribution is 2.49. The first kappa shape index (κ1) is 58.6. The Labute approximate surface area is 495 Å². The highest BCUT2D eigenvalue weighted by molar-refractivity contribution is 6.42. The van der Waals surface area contributed by atoms with Gasteiger partial charge in [-0.05, 0) is 56.2 Å². The molecule has 4 saturated heterocycles. The van der Waals surface area contributed by atoms with E-state index in [0.29, 0.717) is 122 Å². The van der Waals surface area contributed by atoms with Gasteiger partial charge in [0.1, 0.15) is 46.3 Å². The lowest BCUT2D eigenvalue weighted by Gasteiger charge is -2.38. The van der Waals surface area contributed by atoms with Crippen molar-refractivity contribution in [1.82, 2.24) is 30.6 Å². The molecule has 82 heavy (non-hydrogen) atoms. The fourth-order valence-corrected chi connectivity index (χ4v) is 12.2. The van der Waals surface area contributed by atoms with Gasteiger partial charge in [-0.1, -0.05) is 59.6 Å². The summed E-state index contributed by atoms with van der Waals surface area (Å²) in [5.41, 5.74) is 1.82. The quantitative estimate of drug-likeness (QED) is 0.0524. The zero-order chi connectivity index (χ0) is 57.8. The number of carbonyl (C=O) groups is 2. The maximum Gasteiger partial charge on any atom is 0.243 e. The van der Waals surface area contributed by atoms with Crippen molar-refractivity contribution in [3.05, 3.63) is 94.2 Å². The molecule has 2 unspecified atom stereocenters. The van der Waals surface area contributed by atoms with Gasteiger partial charge < -0.3 is 69.0 Å². The molecular weight excluding hydrogens is 1140 g/mol. The van der Waals surface area contributed by atoms with E-state index in [1.165, 1.54) is 33.5 Å². The summed E-state index contributed by atoms with van der Waals surface area (Å²) in [7, 11) is 6.31. The topological polar surface area (TPSA) is 214 Å². The number of aromatic nitrogens is 4. The molecule has 4 aliphatic rings. The van der Waals surface area contributed by atoms with Crippen LogP contribution in [0, 0.1) is 0 Å². The van der Waals surface area contributed by atoms with Crippen molar-refractivity contribution in [3.8, 4) is 45.5 Å². The third kappa shape index (κ3) is 12.5. The van der Waals surface area contributed by atoms with Crippen LogP contribution in [0.1, 0.15) is 26.2 Å². The van der Waals surface area contributed by atoms with Crippen molar-refractivity contribution in [1.29, 1.82) is 0 Å². The number of piperidine rings is 1. The van der Waals surface area contributed by atoms with E-state index in [4.69, 9.17) is 104 Å². The van der Waals surface area contributed by atoms with Crippen molar-refractivity contribution < 1.29 is 47.5 Å². The van der Waals surface area contributed by atoms with Gasteiger partial charge in [-0.3, -0.25) is 9.59 Å². The van der Waals surface area contributed by atoms with Crippen molar-refractivity contribution in [3.63, 3.8) is 0 Å². The Kier molecular flexibility index (Phi) is 18.5. The van der Waals surface area contributed by atoms with Gasteiger partial charge in [0.05, 0.1) is 128 Å². The first-order chi connectivity index (χ1) is 39.7. The number of carbonyl (C=O) groups excluding carboxylic acids is 2. The van der Waals surface area contributed by atoms with Crippen LogP contribution in [0.15, 0.2) is 74.1 Å². The van der Waals surface area contributed by atoms with Crippen LogP contribution < -0.4 is 50.0 Å². The minimum atomic E-state index is -0.345. The maximum absolute atomic E-state index is 12.3. The SMILES string of the molecule is C=CC(=O)N[C@H]1COC[C@H]1Nc1cc2c(N3CC(C)OC(CCOc4cc(OC)c(Cl)c(-c5cc6cnc(N[C@@H]7COC[C@@H]7NC(=O)C=C)cc6c(N6CCC(OC)CC6)n5)c4Cl)C3)nc(-c3c(Cl)c(OC)cc(OC)c3Cl)cc2cn1. The zero-order valence-electron chi connectivity index (χ0n) is 46.0. The van der Waals surface area contributed by atoms with E-state index in [1.54, 1.807) is 31.6 Å². The summed E-state index contributed by atoms with van der Waals surface area (Å²) in [6.07, 6.45) is 7.61. The number of nitrogens with zero attached hydrogens (tertiary/aromatic N) is 6. The molecule has 20 nitrogen and oxygen atoms in total. The fraction of sp³-hybridized carbons (Fsp3) is 0.414. The van der Waals surface area contributed by atoms with Crippen molar-refractivity contribution in [2.45, 2.75) is 68.7 Å². The Morgan fingerprint density at radius 1 is 0.646 bits per heavy atom. The molecule has 4 aliphatic heterocycles. The maximum atomic E-state index is 12.3. The Morgan fingerprint density at radius 3 is 1.59 bits per heavy atom. The summed E-state index contributed by atoms with van der Waals surface area (Å²) in [6, 6.07) is 9.92. The van der Waals surface area contributed by atoms with E-state index in [9.17, 15) is 9.59 Å². The van der Waals surface area contributed by atoms with Crippen LogP contribution in [0.25, 0.3) is 44.1 Å². The molecule has 8 heterocycles. The molecular formula is C58H64Cl4N10O10. The van der Waals surface area contributed by atoms with E-state index in [-0.39, 0.29) is 81.0 Å². The predicted octanol–water partition coefficient (Wildman–Crippen LogP) is 9.19. The van der Waals surface area contributed by atoms with Crippen LogP contribution in [0.5, 0.6) is 23.0 Å². The van der Waals surface area contributed by atoms with E-state index in [1.807, 2.05) is 31.2 Å². The van der Waals surface area contributed by atoms with E-state index in [2.05, 4.69) is 44.2 Å². The van der Waals surface area contributed by atoms with Gasteiger partial charge in [-0.25, -0.2) is 19.9 Å². The number of halogens is 4. The normalized spacial score (nSPS) is 21.1. The van der Waals surface area contributed by atoms with Crippen molar-refractivity contribution in [2.24, 2.45) is 0 Å². The molecule has 0 radical (unpaired) electrons. The second kappa shape index (κ2) is 25.9. The molecule has 2 aromatic carbocycles. The largest absolute Gasteiger partial charge is 0.495 e. The van der Waals surface area contributed by atoms with Crippen LogP contribution in [0.3, 0.4) is 0 Å². The minimum absolute atomic E-state index is 0.124. The number of benzene rings is 2. The van der Waals surface area contributed by atoms with Crippen molar-refractivity contribution in [2.75, 3.05) is 108 Å². The first-order valence-corrected chi connectivity index (χ1v) is 28.4. The lowest BCUT2D eigenvalue weighted by Crippen LogP contribution is -2.47. The van der Waals surface area contributed by atoms with Gasteiger partial charge in [0, 0.05) is 96.9 Å². The number of amides is 2. The number of morpholine rings is 1. The summed E-state index contributed by atoms with van der Waals surface area (Å²) >= 11 is 28.6. The van der Waals surface area contributed by atoms with Crippen LogP contribution in [-0.4, -0.2) is 162 Å². The number of nitrogens with one attached hydrogen (secondary N) is 4. The molecule has 2 amide bonds. The summed E-state index contributed by atoms with van der Waals surface area (Å²) in [5, 5.41) is 17.0. The molecule has 4 fully saturated rings. The molecule has 4 N–H and O–H groups in total. The van der Waals surface area contributed by atoms with Gasteiger partial charge in [-0.15, -0.1) is 0 Å². The smallest absolute Gasteiger partial charge is 0.243 e. The second-order valence-corrected chi connectivity index (χ2v) is 21.9. The Hall–Kier alpha value is -6.62. The molecule has 24 heteroatoms. The number of fused-ring (bicyclic) bond motifs is 2. The van der Waals surface area contributed by atoms with Crippen LogP contribution >= 0.6 is 46.4 Å². The van der Waals surface area contributed by atoms with Crippen LogP contribution in [0.2, 0.25) is 20.1 Å². The molecule has 10 rings (SSSR count). The third-order valence-electron chi connectivity index (χ3n) is 15.1. The first-order valence-electron chi connectivity index (χ1n) is 26.8. The minimum Gasteiger partial charge on any atom is -0.495 e. The molecule has 6 aromatic rings. The van der Waals surface area contributed by atoms with Gasteiger partial charge in [0.15, 0.2) is 0 Å². The Morgan fingerprint density at radius 2 is 1.11 bits per heavy atom. The monoisotopic (exact) mass is 1200 g/mol. The lowest BCUT2D eigenvalue weighted by atomic mass is 10.0. The number of hydrogen-bond acceptors (Lipinski definition) is 18. The predicted molar refractivity (Wildman–Crippen MR) is 319 cm³/mol. The summed E-state index contributed by atoms with van der Waals surface area (Å²) in [6.45, 7) is 13.1. The summed E-state index contributed by atoms with van der Waals surface area (Å²) < 4.78 is 47.5. The second-order valence-electron chi connectivity index (χ2n) is 20.4. The molecule has 6 atom stereocenters. The van der Waals surface area contributed by atoms with Gasteiger partial charge in [0.25, 0.3) is 0 Å². The zero-order valence-corrected chi connectivity index (χ0v) is 49.0. The van der Waals surface area contributed by atoms with E-state index >= 15 is 0 Å². The average Bonchev–Trinajstić information content (AvgIpc) is 4.10. The molecule has 0 spiro atoms. The van der Waals surface area contributed by atoms with Gasteiger partial charge in [-0.2, -0.15) is 0 Å². The van der Waals surface area contributed by atoms with E-state index in [0.717, 1.165) is 40.2 Å². The standard InChI is InChI=1S/C58H64Cl4N10O10/c1-8-49(73)67-41-28-79-26-39(41)65-47-18-35-31(22-63-47)16-38(69-57(35)71-13-10-33(75-4)11-14-71)52-55(61)45(78-7)21-46(56(52)62)81-15-12-34-25-72(24-30(3)82-34)58-36-19-48(66-40-27-80-29-42(40)68-50(74)9-2)64-23-32(36)17-37(70-58)51-53(59)43(76-5)20-44(77-6)54(51)60/h8-9,16-23,30,33-34,39-42H,1-2,10-15,24-29H2,3-7H3,(H,63,65)(H,64,66)(H,67,73)(H,68,74)/t30?,34?,39-,40-,41+,42+/m1/s1. The molecule has 0 bridgehead atoms. The number of rotatable bonds is 20. The number of methoxy groups -OCH3 is 4. The number of hydrogen-bond donors (Lipinski definition) is 4. The highest BCUT2D eigenvalue weighted by Gasteiger charge is 2.34. The Balaban J connectivity index is 0.942. The molecule has 0 aliphatic carbocycles.